The molecule has 1 amide bonds. The second-order valence-corrected chi connectivity index (χ2v) is 6.56. The zero-order chi connectivity index (χ0) is 19.8. The fourth-order valence-electron chi connectivity index (χ4n) is 2.84. The molecule has 0 bridgehead atoms. The number of aliphatic carboxylic acids is 1. The van der Waals surface area contributed by atoms with E-state index < -0.39 is 17.9 Å². The molecule has 5 heteroatoms. The average molecular weight is 367 g/mol. The average Bonchev–Trinajstić information content (AvgIpc) is 2.70. The summed E-state index contributed by atoms with van der Waals surface area (Å²) >= 11 is 0. The molecule has 27 heavy (non-hydrogen) atoms. The van der Waals surface area contributed by atoms with E-state index in [9.17, 15) is 19.5 Å². The van der Waals surface area contributed by atoms with Crippen LogP contribution in [0.25, 0.3) is 0 Å². The molecule has 0 aliphatic rings. The van der Waals surface area contributed by atoms with Gasteiger partial charge in [0.2, 0.25) is 5.91 Å². The van der Waals surface area contributed by atoms with Crippen molar-refractivity contribution in [2.24, 2.45) is 5.92 Å². The quantitative estimate of drug-likeness (QED) is 0.661. The van der Waals surface area contributed by atoms with Crippen LogP contribution in [0.2, 0.25) is 0 Å². The van der Waals surface area contributed by atoms with Gasteiger partial charge in [-0.05, 0) is 24.5 Å². The minimum absolute atomic E-state index is 0.0179. The van der Waals surface area contributed by atoms with Crippen molar-refractivity contribution in [3.05, 3.63) is 71.3 Å². The molecule has 2 aromatic carbocycles. The Hall–Kier alpha value is -2.95. The fourth-order valence-corrected chi connectivity index (χ4v) is 2.84. The second-order valence-electron chi connectivity index (χ2n) is 6.56. The lowest BCUT2D eigenvalue weighted by atomic mass is 9.94. The van der Waals surface area contributed by atoms with Crippen molar-refractivity contribution in [1.29, 1.82) is 0 Å². The Bertz CT molecular complexity index is 784. The molecule has 0 aromatic heterocycles. The van der Waals surface area contributed by atoms with Gasteiger partial charge in [0.1, 0.15) is 0 Å². The first kappa shape index (κ1) is 20.4. The summed E-state index contributed by atoms with van der Waals surface area (Å²) in [6, 6.07) is 15.7. The summed E-state index contributed by atoms with van der Waals surface area (Å²) < 4.78 is 0. The number of rotatable bonds is 9. The van der Waals surface area contributed by atoms with Crippen molar-refractivity contribution in [2.45, 2.75) is 39.2 Å². The molecule has 2 rings (SSSR count). The summed E-state index contributed by atoms with van der Waals surface area (Å²) in [4.78, 5) is 36.0. The number of hydrogen-bond donors (Lipinski definition) is 2. The van der Waals surface area contributed by atoms with Gasteiger partial charge >= 0.3 is 5.97 Å². The summed E-state index contributed by atoms with van der Waals surface area (Å²) in [6.07, 6.45) is 1.00. The third-order valence-electron chi connectivity index (χ3n) is 4.63. The number of ketones is 1. The SMILES string of the molecule is CCc1ccc(C(=O)CCC(=O)NC(c2ccccc2)C(C)C(=O)O)cc1. The smallest absolute Gasteiger partial charge is 0.308 e. The van der Waals surface area contributed by atoms with Gasteiger partial charge in [0.05, 0.1) is 12.0 Å². The summed E-state index contributed by atoms with van der Waals surface area (Å²) in [5.74, 6) is -2.21. The standard InChI is InChI=1S/C22H25NO4/c1-3-16-9-11-17(12-10-16)19(24)13-14-20(25)23-21(15(2)22(26)27)18-7-5-4-6-8-18/h4-12,15,21H,3,13-14H2,1-2H3,(H,23,25)(H,26,27). The third-order valence-corrected chi connectivity index (χ3v) is 4.63. The van der Waals surface area contributed by atoms with E-state index in [0.717, 1.165) is 17.5 Å². The van der Waals surface area contributed by atoms with E-state index in [4.69, 9.17) is 0 Å². The first-order chi connectivity index (χ1) is 12.9. The van der Waals surface area contributed by atoms with Crippen molar-refractivity contribution < 1.29 is 19.5 Å². The lowest BCUT2D eigenvalue weighted by Gasteiger charge is -2.23. The highest BCUT2D eigenvalue weighted by molar-refractivity contribution is 5.98. The summed E-state index contributed by atoms with van der Waals surface area (Å²) in [7, 11) is 0. The number of benzene rings is 2. The van der Waals surface area contributed by atoms with Crippen LogP contribution in [0.15, 0.2) is 54.6 Å². The van der Waals surface area contributed by atoms with Crippen LogP contribution in [-0.4, -0.2) is 22.8 Å². The molecule has 0 saturated carbocycles. The zero-order valence-electron chi connectivity index (χ0n) is 15.6. The number of nitrogens with one attached hydrogen (secondary N) is 1. The Kier molecular flexibility index (Phi) is 7.29. The summed E-state index contributed by atoms with van der Waals surface area (Å²) in [6.45, 7) is 3.60. The molecule has 2 unspecified atom stereocenters. The van der Waals surface area contributed by atoms with Crippen molar-refractivity contribution in [3.63, 3.8) is 0 Å². The highest BCUT2D eigenvalue weighted by Gasteiger charge is 2.26. The fraction of sp³-hybridized carbons (Fsp3) is 0.318. The number of Topliss-reactive ketones (excluding diaryl/α,β-unsaturated/α-hetero) is 1. The molecule has 142 valence electrons. The largest absolute Gasteiger partial charge is 0.481 e. The minimum atomic E-state index is -0.990. The van der Waals surface area contributed by atoms with Crippen LogP contribution in [0.4, 0.5) is 0 Å². The molecule has 0 heterocycles. The lowest BCUT2D eigenvalue weighted by Crippen LogP contribution is -2.35. The molecule has 0 saturated heterocycles. The number of carboxylic acid groups (broad SMARTS) is 1. The Morgan fingerprint density at radius 1 is 0.963 bits per heavy atom. The van der Waals surface area contributed by atoms with Crippen LogP contribution in [0, 0.1) is 5.92 Å². The molecule has 2 aromatic rings. The summed E-state index contributed by atoms with van der Waals surface area (Å²) in [5.41, 5.74) is 2.46. The highest BCUT2D eigenvalue weighted by atomic mass is 16.4. The monoisotopic (exact) mass is 367 g/mol. The van der Waals surface area contributed by atoms with Gasteiger partial charge in [0.15, 0.2) is 5.78 Å². The maximum Gasteiger partial charge on any atom is 0.308 e. The molecule has 0 radical (unpaired) electrons. The van der Waals surface area contributed by atoms with Crippen molar-refractivity contribution in [3.8, 4) is 0 Å². The number of amides is 1. The van der Waals surface area contributed by atoms with E-state index >= 15 is 0 Å². The van der Waals surface area contributed by atoms with Gasteiger partial charge in [0, 0.05) is 18.4 Å². The highest BCUT2D eigenvalue weighted by Crippen LogP contribution is 2.22. The topological polar surface area (TPSA) is 83.5 Å². The van der Waals surface area contributed by atoms with Crippen LogP contribution in [-0.2, 0) is 16.0 Å². The van der Waals surface area contributed by atoms with Gasteiger partial charge in [-0.2, -0.15) is 0 Å². The van der Waals surface area contributed by atoms with Gasteiger partial charge in [-0.1, -0.05) is 61.5 Å². The van der Waals surface area contributed by atoms with E-state index in [2.05, 4.69) is 5.32 Å². The Balaban J connectivity index is 1.98. The normalized spacial score (nSPS) is 12.8. The van der Waals surface area contributed by atoms with Crippen molar-refractivity contribution in [1.82, 2.24) is 5.32 Å². The first-order valence-corrected chi connectivity index (χ1v) is 9.11. The molecular weight excluding hydrogens is 342 g/mol. The minimum Gasteiger partial charge on any atom is -0.481 e. The number of carboxylic acids is 1. The molecule has 0 spiro atoms. The number of aryl methyl sites for hydroxylation is 1. The molecule has 0 aliphatic heterocycles. The number of hydrogen-bond acceptors (Lipinski definition) is 3. The van der Waals surface area contributed by atoms with Crippen molar-refractivity contribution in [2.75, 3.05) is 0 Å². The Morgan fingerprint density at radius 3 is 2.15 bits per heavy atom. The van der Waals surface area contributed by atoms with Crippen LogP contribution in [0.1, 0.15) is 54.2 Å². The van der Waals surface area contributed by atoms with E-state index in [1.54, 1.807) is 43.3 Å². The predicted molar refractivity (Wildman–Crippen MR) is 104 cm³/mol. The van der Waals surface area contributed by atoms with E-state index in [1.165, 1.54) is 0 Å². The Morgan fingerprint density at radius 2 is 1.59 bits per heavy atom. The predicted octanol–water partition coefficient (Wildman–Crippen LogP) is 3.79. The first-order valence-electron chi connectivity index (χ1n) is 9.11. The number of carbonyl (C=O) groups excluding carboxylic acids is 2. The van der Waals surface area contributed by atoms with Crippen LogP contribution in [0.5, 0.6) is 0 Å². The van der Waals surface area contributed by atoms with Gasteiger partial charge in [-0.15, -0.1) is 0 Å². The number of carbonyl (C=O) groups is 3. The summed E-state index contributed by atoms with van der Waals surface area (Å²) in [5, 5.41) is 12.1. The maximum absolute atomic E-state index is 12.3. The molecule has 2 atom stereocenters. The third kappa shape index (κ3) is 5.78. The van der Waals surface area contributed by atoms with Crippen LogP contribution >= 0.6 is 0 Å². The lowest BCUT2D eigenvalue weighted by molar-refractivity contribution is -0.142. The van der Waals surface area contributed by atoms with E-state index in [1.807, 2.05) is 25.1 Å². The zero-order valence-corrected chi connectivity index (χ0v) is 15.6. The molecule has 0 aliphatic carbocycles. The molecular formula is C22H25NO4. The van der Waals surface area contributed by atoms with Gasteiger partial charge in [-0.25, -0.2) is 0 Å². The van der Waals surface area contributed by atoms with Gasteiger partial charge in [-0.3, -0.25) is 14.4 Å². The van der Waals surface area contributed by atoms with Gasteiger partial charge < -0.3 is 10.4 Å². The van der Waals surface area contributed by atoms with Gasteiger partial charge in [0.25, 0.3) is 0 Å². The molecule has 0 fully saturated rings. The van der Waals surface area contributed by atoms with E-state index in [-0.39, 0.29) is 24.5 Å². The Labute approximate surface area is 159 Å². The second kappa shape index (κ2) is 9.67. The van der Waals surface area contributed by atoms with Crippen molar-refractivity contribution >= 4 is 17.7 Å². The van der Waals surface area contributed by atoms with Crippen LogP contribution < -0.4 is 5.32 Å². The maximum atomic E-state index is 12.3. The van der Waals surface area contributed by atoms with E-state index in [0.29, 0.717) is 5.56 Å². The molecule has 2 N–H and O–H groups in total. The molecule has 5 nitrogen and oxygen atoms in total. The van der Waals surface area contributed by atoms with Crippen LogP contribution in [0.3, 0.4) is 0 Å².